The van der Waals surface area contributed by atoms with Gasteiger partial charge in [-0.25, -0.2) is 4.79 Å². The molecule has 4 rings (SSSR count). The van der Waals surface area contributed by atoms with Gasteiger partial charge in [-0.15, -0.1) is 0 Å². The third kappa shape index (κ3) is 5.11. The molecule has 0 amide bonds. The van der Waals surface area contributed by atoms with Gasteiger partial charge >= 0.3 is 5.63 Å². The Balaban J connectivity index is 1.46. The fraction of sp³-hybridized carbons (Fsp3) is 0.560. The molecule has 4 nitrogen and oxygen atoms in total. The maximum absolute atomic E-state index is 12.9. The predicted molar refractivity (Wildman–Crippen MR) is 113 cm³/mol. The van der Waals surface area contributed by atoms with E-state index in [0.29, 0.717) is 35.5 Å². The zero-order valence-corrected chi connectivity index (χ0v) is 17.3. The molecule has 0 spiro atoms. The minimum atomic E-state index is -0.381. The highest BCUT2D eigenvalue weighted by Gasteiger charge is 2.37. The molecule has 0 bridgehead atoms. The van der Waals surface area contributed by atoms with Gasteiger partial charge < -0.3 is 14.3 Å². The molecular formula is C25H32O4. The summed E-state index contributed by atoms with van der Waals surface area (Å²) in [5.74, 6) is 2.06. The monoisotopic (exact) mass is 396 g/mol. The Morgan fingerprint density at radius 3 is 2.62 bits per heavy atom. The molecular weight excluding hydrogens is 364 g/mol. The lowest BCUT2D eigenvalue weighted by atomic mass is 9.87. The molecule has 2 fully saturated rings. The summed E-state index contributed by atoms with van der Waals surface area (Å²) in [6, 6.07) is 11.7. The van der Waals surface area contributed by atoms with Gasteiger partial charge in [0.25, 0.3) is 0 Å². The van der Waals surface area contributed by atoms with Crippen LogP contribution < -0.4 is 5.63 Å². The lowest BCUT2D eigenvalue weighted by molar-refractivity contribution is 0.0494. The van der Waals surface area contributed by atoms with E-state index in [2.05, 4.69) is 6.92 Å². The van der Waals surface area contributed by atoms with Gasteiger partial charge in [0.05, 0.1) is 5.56 Å². The Hall–Kier alpha value is -2.07. The summed E-state index contributed by atoms with van der Waals surface area (Å²) in [6.07, 6.45) is 7.48. The molecule has 1 saturated carbocycles. The van der Waals surface area contributed by atoms with Crippen molar-refractivity contribution in [2.24, 2.45) is 17.8 Å². The van der Waals surface area contributed by atoms with Crippen LogP contribution in [0.4, 0.5) is 0 Å². The normalized spacial score (nSPS) is 21.6. The molecule has 156 valence electrons. The molecule has 1 aliphatic carbocycles. The van der Waals surface area contributed by atoms with Crippen LogP contribution in [-0.2, 0) is 11.2 Å². The van der Waals surface area contributed by atoms with E-state index >= 15 is 0 Å². The lowest BCUT2D eigenvalue weighted by Crippen LogP contribution is -2.19. The molecule has 0 radical (unpaired) electrons. The van der Waals surface area contributed by atoms with Gasteiger partial charge in [-0.1, -0.05) is 37.3 Å². The topological polar surface area (TPSA) is 59.7 Å². The Labute approximate surface area is 172 Å². The number of benzene rings is 1. The highest BCUT2D eigenvalue weighted by Crippen LogP contribution is 2.47. The maximum Gasteiger partial charge on any atom is 0.343 e. The number of ether oxygens (including phenoxy) is 1. The summed E-state index contributed by atoms with van der Waals surface area (Å²) in [5, 5.41) is 10.8. The minimum Gasteiger partial charge on any atom is -0.507 e. The van der Waals surface area contributed by atoms with Gasteiger partial charge in [-0.2, -0.15) is 0 Å². The van der Waals surface area contributed by atoms with E-state index < -0.39 is 0 Å². The third-order valence-electron chi connectivity index (χ3n) is 6.45. The predicted octanol–water partition coefficient (Wildman–Crippen LogP) is 5.27. The quantitative estimate of drug-likeness (QED) is 0.660. The summed E-state index contributed by atoms with van der Waals surface area (Å²) in [5.41, 5.74) is 1.12. The van der Waals surface area contributed by atoms with Crippen LogP contribution >= 0.6 is 0 Å². The number of aromatic hydroxyl groups is 1. The smallest absolute Gasteiger partial charge is 0.343 e. The molecule has 1 saturated heterocycles. The second-order valence-corrected chi connectivity index (χ2v) is 8.99. The zero-order valence-electron chi connectivity index (χ0n) is 17.3. The second kappa shape index (κ2) is 9.17. The van der Waals surface area contributed by atoms with Crippen molar-refractivity contribution in [3.05, 3.63) is 63.7 Å². The van der Waals surface area contributed by atoms with E-state index in [1.54, 1.807) is 6.07 Å². The van der Waals surface area contributed by atoms with Crippen molar-refractivity contribution < 1.29 is 14.3 Å². The first-order valence-corrected chi connectivity index (χ1v) is 11.1. The average molecular weight is 397 g/mol. The van der Waals surface area contributed by atoms with E-state index in [4.69, 9.17) is 9.15 Å². The van der Waals surface area contributed by atoms with Crippen molar-refractivity contribution in [2.75, 3.05) is 13.2 Å². The molecule has 1 aromatic heterocycles. The fourth-order valence-electron chi connectivity index (χ4n) is 4.69. The Morgan fingerprint density at radius 2 is 1.97 bits per heavy atom. The largest absolute Gasteiger partial charge is 0.507 e. The molecule has 1 aliphatic heterocycles. The van der Waals surface area contributed by atoms with Crippen LogP contribution in [0.2, 0.25) is 0 Å². The maximum atomic E-state index is 12.9. The van der Waals surface area contributed by atoms with E-state index in [-0.39, 0.29) is 17.3 Å². The van der Waals surface area contributed by atoms with E-state index in [0.717, 1.165) is 50.9 Å². The van der Waals surface area contributed by atoms with Gasteiger partial charge in [0.1, 0.15) is 11.5 Å². The van der Waals surface area contributed by atoms with Gasteiger partial charge in [0, 0.05) is 31.6 Å². The first-order valence-electron chi connectivity index (χ1n) is 11.1. The van der Waals surface area contributed by atoms with E-state index in [9.17, 15) is 9.90 Å². The fourth-order valence-corrected chi connectivity index (χ4v) is 4.69. The molecule has 29 heavy (non-hydrogen) atoms. The standard InChI is InChI=1S/C25H32O4/c1-17(9-10-18-6-5-13-28-16-18)14-21-15-22(26)24(25(27)29-21)23(20-11-12-20)19-7-3-2-4-8-19/h2-4,7-8,15,17-18,20,23,26H,5-6,9-14,16H2,1H3. The van der Waals surface area contributed by atoms with Crippen LogP contribution in [-0.4, -0.2) is 18.3 Å². The molecule has 2 aliphatic rings. The summed E-state index contributed by atoms with van der Waals surface area (Å²) in [6.45, 7) is 3.96. The third-order valence-corrected chi connectivity index (χ3v) is 6.45. The van der Waals surface area contributed by atoms with Gasteiger partial charge in [0.15, 0.2) is 0 Å². The number of hydrogen-bond donors (Lipinski definition) is 1. The van der Waals surface area contributed by atoms with Crippen molar-refractivity contribution in [3.8, 4) is 5.75 Å². The lowest BCUT2D eigenvalue weighted by Gasteiger charge is -2.23. The van der Waals surface area contributed by atoms with Crippen LogP contribution in [0.3, 0.4) is 0 Å². The molecule has 2 heterocycles. The van der Waals surface area contributed by atoms with Gasteiger partial charge in [-0.3, -0.25) is 0 Å². The van der Waals surface area contributed by atoms with Crippen LogP contribution in [0.25, 0.3) is 0 Å². The SMILES string of the molecule is CC(CCC1CCCOC1)Cc1cc(O)c(C(c2ccccc2)C2CC2)c(=O)o1. The number of rotatable bonds is 8. The van der Waals surface area contributed by atoms with Crippen LogP contribution in [0.15, 0.2) is 45.6 Å². The summed E-state index contributed by atoms with van der Waals surface area (Å²) in [4.78, 5) is 12.9. The highest BCUT2D eigenvalue weighted by molar-refractivity contribution is 5.41. The van der Waals surface area contributed by atoms with Crippen molar-refractivity contribution in [3.63, 3.8) is 0 Å². The van der Waals surface area contributed by atoms with Crippen LogP contribution in [0.5, 0.6) is 5.75 Å². The summed E-state index contributed by atoms with van der Waals surface area (Å²) < 4.78 is 11.3. The average Bonchev–Trinajstić information content (AvgIpc) is 3.55. The molecule has 3 atom stereocenters. The molecule has 1 N–H and O–H groups in total. The van der Waals surface area contributed by atoms with Gasteiger partial charge in [0.2, 0.25) is 0 Å². The number of hydrogen-bond acceptors (Lipinski definition) is 4. The van der Waals surface area contributed by atoms with Crippen molar-refractivity contribution in [2.45, 2.75) is 57.8 Å². The summed E-state index contributed by atoms with van der Waals surface area (Å²) in [7, 11) is 0. The Morgan fingerprint density at radius 1 is 1.17 bits per heavy atom. The molecule has 3 unspecified atom stereocenters. The summed E-state index contributed by atoms with van der Waals surface area (Å²) >= 11 is 0. The first-order chi connectivity index (χ1) is 14.1. The molecule has 1 aromatic carbocycles. The minimum absolute atomic E-state index is 0.0785. The van der Waals surface area contributed by atoms with E-state index in [1.165, 1.54) is 6.42 Å². The van der Waals surface area contributed by atoms with Crippen molar-refractivity contribution >= 4 is 0 Å². The Kier molecular flexibility index (Phi) is 6.39. The highest BCUT2D eigenvalue weighted by atomic mass is 16.5. The zero-order chi connectivity index (χ0) is 20.2. The Bertz CT molecular complexity index is 847. The van der Waals surface area contributed by atoms with Crippen molar-refractivity contribution in [1.29, 1.82) is 0 Å². The van der Waals surface area contributed by atoms with Crippen LogP contribution in [0.1, 0.15) is 68.3 Å². The van der Waals surface area contributed by atoms with Crippen LogP contribution in [0, 0.1) is 17.8 Å². The molecule has 4 heteroatoms. The van der Waals surface area contributed by atoms with E-state index in [1.807, 2.05) is 30.3 Å². The molecule has 2 aromatic rings. The van der Waals surface area contributed by atoms with Gasteiger partial charge in [-0.05, 0) is 61.8 Å². The van der Waals surface area contributed by atoms with Crippen molar-refractivity contribution in [1.82, 2.24) is 0 Å². The first kappa shape index (κ1) is 20.2. The second-order valence-electron chi connectivity index (χ2n) is 8.99.